The number of rotatable bonds is 7. The molecule has 1 aliphatic rings. The summed E-state index contributed by atoms with van der Waals surface area (Å²) in [7, 11) is 7.43. The Morgan fingerprint density at radius 3 is 2.08 bits per heavy atom. The molecule has 0 saturated carbocycles. The Morgan fingerprint density at radius 1 is 0.838 bits per heavy atom. The molecule has 1 heterocycles. The van der Waals surface area contributed by atoms with Crippen LogP contribution in [0.2, 0.25) is 0 Å². The lowest BCUT2D eigenvalue weighted by Crippen LogP contribution is -2.44. The number of halogens is 2. The Bertz CT molecular complexity index is 1360. The van der Waals surface area contributed by atoms with Crippen molar-refractivity contribution >= 4 is 17.5 Å². The Hall–Kier alpha value is -4.34. The molecule has 0 spiro atoms. The average molecular weight is 513 g/mol. The highest BCUT2D eigenvalue weighted by Gasteiger charge is 2.44. The van der Waals surface area contributed by atoms with Gasteiger partial charge in [0.2, 0.25) is 5.91 Å². The maximum atomic E-state index is 14.4. The van der Waals surface area contributed by atoms with E-state index in [2.05, 4.69) is 5.32 Å². The summed E-state index contributed by atoms with van der Waals surface area (Å²) < 4.78 is 49.5. The van der Waals surface area contributed by atoms with Gasteiger partial charge in [0.15, 0.2) is 23.0 Å². The molecule has 194 valence electrons. The highest BCUT2D eigenvalue weighted by molar-refractivity contribution is 6.05. The van der Waals surface area contributed by atoms with E-state index in [1.807, 2.05) is 0 Å². The summed E-state index contributed by atoms with van der Waals surface area (Å²) in [5.74, 6) is -2.18. The number of amides is 2. The number of fused-ring (bicyclic) bond motifs is 1. The molecule has 0 fully saturated rings. The van der Waals surface area contributed by atoms with Crippen LogP contribution < -0.4 is 24.3 Å². The van der Waals surface area contributed by atoms with Gasteiger partial charge < -0.3 is 29.2 Å². The first kappa shape index (κ1) is 25.7. The van der Waals surface area contributed by atoms with E-state index < -0.39 is 29.5 Å². The van der Waals surface area contributed by atoms with Crippen molar-refractivity contribution in [2.24, 2.45) is 0 Å². The van der Waals surface area contributed by atoms with Gasteiger partial charge in [-0.05, 0) is 47.5 Å². The normalized spacial score (nSPS) is 16.6. The van der Waals surface area contributed by atoms with Gasteiger partial charge in [-0.1, -0.05) is 6.07 Å². The second-order valence-electron chi connectivity index (χ2n) is 8.36. The minimum atomic E-state index is -1.01. The minimum Gasteiger partial charge on any atom is -0.493 e. The molecular formula is C27H26F2N2O6. The Balaban J connectivity index is 1.91. The lowest BCUT2D eigenvalue weighted by atomic mass is 9.79. The quantitative estimate of drug-likeness (QED) is 0.500. The summed E-state index contributed by atoms with van der Waals surface area (Å²) in [5.41, 5.74) is 0.977. The molecular weight excluding hydrogens is 486 g/mol. The summed E-state index contributed by atoms with van der Waals surface area (Å²) in [6.07, 6.45) is 0. The smallest absolute Gasteiger partial charge is 0.254 e. The molecule has 0 radical (unpaired) electrons. The standard InChI is InChI=1S/C27H26F2N2O6/c1-31-25(14-6-9-20(34-2)21(10-14)35-3)24(26(32)30-19-8-7-15(28)11-18(19)29)16-12-22(36-4)23(37-5)13-17(16)27(31)33/h6-13,24-25H,1-5H3,(H,30,32)/t24-,25-/m0/s1. The number of ether oxygens (including phenoxy) is 4. The van der Waals surface area contributed by atoms with Crippen molar-refractivity contribution in [2.75, 3.05) is 40.8 Å². The largest absolute Gasteiger partial charge is 0.493 e. The fourth-order valence-electron chi connectivity index (χ4n) is 4.59. The van der Waals surface area contributed by atoms with Gasteiger partial charge in [0, 0.05) is 18.7 Å². The molecule has 3 aromatic rings. The van der Waals surface area contributed by atoms with Crippen LogP contribution in [0.5, 0.6) is 23.0 Å². The fraction of sp³-hybridized carbons (Fsp3) is 0.259. The van der Waals surface area contributed by atoms with Crippen LogP contribution in [0.4, 0.5) is 14.5 Å². The number of methoxy groups -OCH3 is 4. The maximum Gasteiger partial charge on any atom is 0.254 e. The van der Waals surface area contributed by atoms with E-state index in [9.17, 15) is 18.4 Å². The first-order chi connectivity index (χ1) is 17.7. The molecule has 37 heavy (non-hydrogen) atoms. The zero-order valence-electron chi connectivity index (χ0n) is 20.9. The van der Waals surface area contributed by atoms with Gasteiger partial charge in [0.25, 0.3) is 5.91 Å². The van der Waals surface area contributed by atoms with Crippen LogP contribution in [0.15, 0.2) is 48.5 Å². The molecule has 0 aliphatic carbocycles. The molecule has 1 aliphatic heterocycles. The van der Waals surface area contributed by atoms with Gasteiger partial charge in [-0.15, -0.1) is 0 Å². The van der Waals surface area contributed by atoms with Gasteiger partial charge in [-0.3, -0.25) is 9.59 Å². The third kappa shape index (κ3) is 4.62. The van der Waals surface area contributed by atoms with Gasteiger partial charge in [-0.25, -0.2) is 8.78 Å². The Kier molecular flexibility index (Phi) is 7.19. The van der Waals surface area contributed by atoms with E-state index in [-0.39, 0.29) is 17.2 Å². The molecule has 10 heteroatoms. The summed E-state index contributed by atoms with van der Waals surface area (Å²) in [5, 5.41) is 2.55. The summed E-state index contributed by atoms with van der Waals surface area (Å²) in [6, 6.07) is 10.2. The van der Waals surface area contributed by atoms with Crippen molar-refractivity contribution in [1.82, 2.24) is 4.90 Å². The number of carbonyl (C=O) groups excluding carboxylic acids is 2. The summed E-state index contributed by atoms with van der Waals surface area (Å²) in [6.45, 7) is 0. The van der Waals surface area contributed by atoms with Crippen molar-refractivity contribution in [3.05, 3.63) is 76.9 Å². The second kappa shape index (κ2) is 10.3. The van der Waals surface area contributed by atoms with E-state index in [0.29, 0.717) is 40.2 Å². The Morgan fingerprint density at radius 2 is 1.46 bits per heavy atom. The number of benzene rings is 3. The first-order valence-corrected chi connectivity index (χ1v) is 11.2. The number of carbonyl (C=O) groups is 2. The molecule has 1 N–H and O–H groups in total. The van der Waals surface area contributed by atoms with Crippen LogP contribution in [-0.2, 0) is 4.79 Å². The molecule has 3 aromatic carbocycles. The van der Waals surface area contributed by atoms with Crippen molar-refractivity contribution in [3.63, 3.8) is 0 Å². The zero-order valence-corrected chi connectivity index (χ0v) is 20.9. The predicted molar refractivity (Wildman–Crippen MR) is 132 cm³/mol. The number of likely N-dealkylation sites (N-methyl/N-ethyl adjacent to an activating group) is 1. The number of nitrogens with zero attached hydrogens (tertiary/aromatic N) is 1. The lowest BCUT2D eigenvalue weighted by Gasteiger charge is -2.40. The maximum absolute atomic E-state index is 14.4. The molecule has 0 aromatic heterocycles. The summed E-state index contributed by atoms with van der Waals surface area (Å²) >= 11 is 0. The van der Waals surface area contributed by atoms with E-state index in [1.54, 1.807) is 31.3 Å². The predicted octanol–water partition coefficient (Wildman–Crippen LogP) is 4.55. The monoisotopic (exact) mass is 512 g/mol. The molecule has 0 bridgehead atoms. The number of hydrogen-bond donors (Lipinski definition) is 1. The number of anilines is 1. The average Bonchev–Trinajstić information content (AvgIpc) is 2.90. The molecule has 0 saturated heterocycles. The molecule has 2 amide bonds. The van der Waals surface area contributed by atoms with Crippen LogP contribution in [0, 0.1) is 11.6 Å². The third-order valence-corrected chi connectivity index (χ3v) is 6.40. The van der Waals surface area contributed by atoms with E-state index in [1.165, 1.54) is 39.4 Å². The zero-order chi connectivity index (χ0) is 26.9. The molecule has 2 atom stereocenters. The third-order valence-electron chi connectivity index (χ3n) is 6.40. The minimum absolute atomic E-state index is 0.195. The van der Waals surface area contributed by atoms with Gasteiger partial charge in [0.05, 0.1) is 46.1 Å². The van der Waals surface area contributed by atoms with E-state index in [4.69, 9.17) is 18.9 Å². The highest BCUT2D eigenvalue weighted by atomic mass is 19.1. The van der Waals surface area contributed by atoms with Crippen LogP contribution in [0.1, 0.15) is 33.4 Å². The van der Waals surface area contributed by atoms with E-state index >= 15 is 0 Å². The van der Waals surface area contributed by atoms with Gasteiger partial charge >= 0.3 is 0 Å². The molecule has 0 unspecified atom stereocenters. The summed E-state index contributed by atoms with van der Waals surface area (Å²) in [4.78, 5) is 28.7. The number of hydrogen-bond acceptors (Lipinski definition) is 6. The van der Waals surface area contributed by atoms with Crippen LogP contribution >= 0.6 is 0 Å². The Labute approximate surface area is 212 Å². The second-order valence-corrected chi connectivity index (χ2v) is 8.36. The van der Waals surface area contributed by atoms with Crippen molar-refractivity contribution in [1.29, 1.82) is 0 Å². The molecule has 4 rings (SSSR count). The number of nitrogens with one attached hydrogen (secondary N) is 1. The fourth-order valence-corrected chi connectivity index (χ4v) is 4.59. The molecule has 8 nitrogen and oxygen atoms in total. The van der Waals surface area contributed by atoms with Crippen LogP contribution in [0.25, 0.3) is 0 Å². The van der Waals surface area contributed by atoms with E-state index in [0.717, 1.165) is 12.1 Å². The van der Waals surface area contributed by atoms with Gasteiger partial charge in [-0.2, -0.15) is 0 Å². The van der Waals surface area contributed by atoms with Gasteiger partial charge in [0.1, 0.15) is 11.6 Å². The van der Waals surface area contributed by atoms with Crippen LogP contribution in [-0.4, -0.2) is 52.2 Å². The highest BCUT2D eigenvalue weighted by Crippen LogP contribution is 2.47. The first-order valence-electron chi connectivity index (χ1n) is 11.2. The van der Waals surface area contributed by atoms with Crippen molar-refractivity contribution in [2.45, 2.75) is 12.0 Å². The van der Waals surface area contributed by atoms with Crippen molar-refractivity contribution < 1.29 is 37.3 Å². The lowest BCUT2D eigenvalue weighted by molar-refractivity contribution is -0.119. The van der Waals surface area contributed by atoms with Crippen molar-refractivity contribution in [3.8, 4) is 23.0 Å². The van der Waals surface area contributed by atoms with Crippen LogP contribution in [0.3, 0.4) is 0 Å². The SMILES string of the molecule is COc1ccc([C@H]2[C@@H](C(=O)Nc3ccc(F)cc3F)c3cc(OC)c(OC)cc3C(=O)N2C)cc1OC. The topological polar surface area (TPSA) is 86.3 Å².